The molecule has 7 heteroatoms. The monoisotopic (exact) mass is 273 g/mol. The number of nitrogens with one attached hydrogen (secondary N) is 1. The first-order chi connectivity index (χ1) is 9.63. The van der Waals surface area contributed by atoms with Crippen LogP contribution in [0.15, 0.2) is 28.8 Å². The summed E-state index contributed by atoms with van der Waals surface area (Å²) in [5.41, 5.74) is 6.78. The lowest BCUT2D eigenvalue weighted by molar-refractivity contribution is 0.391. The van der Waals surface area contributed by atoms with E-state index in [2.05, 4.69) is 20.4 Å². The van der Waals surface area contributed by atoms with Gasteiger partial charge in [0.05, 0.1) is 17.4 Å². The van der Waals surface area contributed by atoms with Crippen molar-refractivity contribution in [2.45, 2.75) is 13.5 Å². The van der Waals surface area contributed by atoms with Gasteiger partial charge < -0.3 is 15.6 Å². The Morgan fingerprint density at radius 2 is 2.20 bits per heavy atom. The topological polar surface area (TPSA) is 89.9 Å². The molecule has 2 aromatic heterocycles. The number of rotatable bonds is 3. The molecule has 0 radical (unpaired) electrons. The van der Waals surface area contributed by atoms with E-state index < -0.39 is 5.82 Å². The summed E-state index contributed by atoms with van der Waals surface area (Å²) in [5, 5.41) is 7.16. The molecule has 1 aromatic carbocycles. The van der Waals surface area contributed by atoms with Gasteiger partial charge in [0.1, 0.15) is 23.1 Å². The summed E-state index contributed by atoms with van der Waals surface area (Å²) in [7, 11) is 0. The second-order valence-corrected chi connectivity index (χ2v) is 4.35. The minimum Gasteiger partial charge on any atom is -0.368 e. The van der Waals surface area contributed by atoms with Crippen LogP contribution in [0.5, 0.6) is 0 Å². The highest BCUT2D eigenvalue weighted by atomic mass is 19.1. The molecule has 0 amide bonds. The number of nitrogens with zero attached hydrogens (tertiary/aromatic N) is 3. The SMILES string of the molecule is Cc1cc(CNc2nc(N)nc3cccc(F)c23)no1. The molecule has 102 valence electrons. The molecule has 6 nitrogen and oxygen atoms in total. The van der Waals surface area contributed by atoms with Gasteiger partial charge in [0.2, 0.25) is 5.95 Å². The number of hydrogen-bond donors (Lipinski definition) is 2. The molecular weight excluding hydrogens is 261 g/mol. The molecule has 0 bridgehead atoms. The fraction of sp³-hybridized carbons (Fsp3) is 0.154. The van der Waals surface area contributed by atoms with Crippen molar-refractivity contribution in [3.63, 3.8) is 0 Å². The molecule has 2 heterocycles. The molecule has 0 fully saturated rings. The smallest absolute Gasteiger partial charge is 0.222 e. The van der Waals surface area contributed by atoms with Gasteiger partial charge >= 0.3 is 0 Å². The Bertz CT molecular complexity index is 771. The van der Waals surface area contributed by atoms with Crippen LogP contribution < -0.4 is 11.1 Å². The van der Waals surface area contributed by atoms with Crippen LogP contribution in [0.4, 0.5) is 16.2 Å². The molecule has 0 saturated heterocycles. The van der Waals surface area contributed by atoms with Crippen molar-refractivity contribution >= 4 is 22.7 Å². The molecule has 0 spiro atoms. The maximum atomic E-state index is 13.9. The summed E-state index contributed by atoms with van der Waals surface area (Å²) < 4.78 is 18.9. The van der Waals surface area contributed by atoms with Crippen molar-refractivity contribution in [1.82, 2.24) is 15.1 Å². The number of aromatic nitrogens is 3. The standard InChI is InChI=1S/C13H12FN5O/c1-7-5-8(19-20-7)6-16-12-11-9(14)3-2-4-10(11)17-13(15)18-12/h2-5H,6H2,1H3,(H3,15,16,17,18). The van der Waals surface area contributed by atoms with E-state index in [-0.39, 0.29) is 5.95 Å². The first-order valence-corrected chi connectivity index (χ1v) is 6.01. The van der Waals surface area contributed by atoms with E-state index in [1.165, 1.54) is 6.07 Å². The molecule has 0 aliphatic rings. The average Bonchev–Trinajstić information content (AvgIpc) is 2.81. The summed E-state index contributed by atoms with van der Waals surface area (Å²) in [4.78, 5) is 8.05. The number of nitrogen functional groups attached to an aromatic ring is 1. The highest BCUT2D eigenvalue weighted by Gasteiger charge is 2.11. The summed E-state index contributed by atoms with van der Waals surface area (Å²) >= 11 is 0. The molecule has 0 unspecified atom stereocenters. The van der Waals surface area contributed by atoms with E-state index in [1.54, 1.807) is 25.1 Å². The summed E-state index contributed by atoms with van der Waals surface area (Å²) in [6, 6.07) is 6.40. The van der Waals surface area contributed by atoms with Crippen LogP contribution in [0.25, 0.3) is 10.9 Å². The number of fused-ring (bicyclic) bond motifs is 1. The number of benzene rings is 1. The fourth-order valence-electron chi connectivity index (χ4n) is 1.96. The van der Waals surface area contributed by atoms with Gasteiger partial charge in [0.25, 0.3) is 0 Å². The lowest BCUT2D eigenvalue weighted by Crippen LogP contribution is -2.06. The molecule has 0 atom stereocenters. The van der Waals surface area contributed by atoms with Crippen LogP contribution in [0.1, 0.15) is 11.5 Å². The first-order valence-electron chi connectivity index (χ1n) is 6.01. The quantitative estimate of drug-likeness (QED) is 0.760. The number of nitrogens with two attached hydrogens (primary N) is 1. The Labute approximate surface area is 113 Å². The van der Waals surface area contributed by atoms with Gasteiger partial charge in [-0.25, -0.2) is 9.37 Å². The van der Waals surface area contributed by atoms with E-state index in [1.807, 2.05) is 0 Å². The Morgan fingerprint density at radius 3 is 2.95 bits per heavy atom. The number of anilines is 2. The lowest BCUT2D eigenvalue weighted by Gasteiger charge is -2.08. The third kappa shape index (κ3) is 2.25. The van der Waals surface area contributed by atoms with Crippen LogP contribution in [0.2, 0.25) is 0 Å². The van der Waals surface area contributed by atoms with Gasteiger partial charge in [0.15, 0.2) is 0 Å². The van der Waals surface area contributed by atoms with Crippen LogP contribution in [-0.2, 0) is 6.54 Å². The molecule has 0 aliphatic heterocycles. The lowest BCUT2D eigenvalue weighted by atomic mass is 10.2. The third-order valence-corrected chi connectivity index (χ3v) is 2.80. The molecular formula is C13H12FN5O. The van der Waals surface area contributed by atoms with Crippen molar-refractivity contribution in [3.05, 3.63) is 41.5 Å². The molecule has 3 N–H and O–H groups in total. The Hall–Kier alpha value is -2.70. The number of aryl methyl sites for hydroxylation is 1. The van der Waals surface area contributed by atoms with Crippen molar-refractivity contribution in [2.75, 3.05) is 11.1 Å². The van der Waals surface area contributed by atoms with Crippen molar-refractivity contribution in [1.29, 1.82) is 0 Å². The molecule has 20 heavy (non-hydrogen) atoms. The predicted octanol–water partition coefficient (Wildman–Crippen LogP) is 2.26. The molecule has 3 aromatic rings. The van der Waals surface area contributed by atoms with Gasteiger partial charge in [-0.1, -0.05) is 11.2 Å². The highest BCUT2D eigenvalue weighted by molar-refractivity contribution is 5.90. The van der Waals surface area contributed by atoms with E-state index in [9.17, 15) is 4.39 Å². The maximum Gasteiger partial charge on any atom is 0.222 e. The van der Waals surface area contributed by atoms with Gasteiger partial charge in [0, 0.05) is 6.07 Å². The molecule has 0 saturated carbocycles. The van der Waals surface area contributed by atoms with Gasteiger partial charge in [-0.2, -0.15) is 4.98 Å². The Morgan fingerprint density at radius 1 is 1.35 bits per heavy atom. The van der Waals surface area contributed by atoms with E-state index in [0.717, 1.165) is 0 Å². The predicted molar refractivity (Wildman–Crippen MR) is 72.5 cm³/mol. The Kier molecular flexibility index (Phi) is 2.94. The van der Waals surface area contributed by atoms with Crippen molar-refractivity contribution < 1.29 is 8.91 Å². The number of hydrogen-bond acceptors (Lipinski definition) is 6. The second kappa shape index (κ2) is 4.76. The van der Waals surface area contributed by atoms with E-state index in [4.69, 9.17) is 10.3 Å². The summed E-state index contributed by atoms with van der Waals surface area (Å²) in [5.74, 6) is 0.731. The van der Waals surface area contributed by atoms with Crippen LogP contribution in [-0.4, -0.2) is 15.1 Å². The van der Waals surface area contributed by atoms with Gasteiger partial charge in [-0.05, 0) is 19.1 Å². The number of halogens is 1. The zero-order chi connectivity index (χ0) is 14.1. The van der Waals surface area contributed by atoms with Gasteiger partial charge in [-0.15, -0.1) is 0 Å². The van der Waals surface area contributed by atoms with Crippen molar-refractivity contribution in [2.24, 2.45) is 0 Å². The van der Waals surface area contributed by atoms with Crippen LogP contribution in [0, 0.1) is 12.7 Å². The minimum atomic E-state index is -0.402. The highest BCUT2D eigenvalue weighted by Crippen LogP contribution is 2.24. The second-order valence-electron chi connectivity index (χ2n) is 4.35. The zero-order valence-corrected chi connectivity index (χ0v) is 10.7. The van der Waals surface area contributed by atoms with Crippen LogP contribution in [0.3, 0.4) is 0 Å². The Balaban J connectivity index is 1.98. The summed E-state index contributed by atoms with van der Waals surface area (Å²) in [6.45, 7) is 2.16. The van der Waals surface area contributed by atoms with Crippen LogP contribution >= 0.6 is 0 Å². The fourth-order valence-corrected chi connectivity index (χ4v) is 1.96. The molecule has 3 rings (SSSR count). The van der Waals surface area contributed by atoms with Gasteiger partial charge in [-0.3, -0.25) is 0 Å². The normalized spacial score (nSPS) is 10.9. The minimum absolute atomic E-state index is 0.0851. The zero-order valence-electron chi connectivity index (χ0n) is 10.7. The van der Waals surface area contributed by atoms with Crippen molar-refractivity contribution in [3.8, 4) is 0 Å². The van der Waals surface area contributed by atoms with E-state index in [0.29, 0.717) is 34.7 Å². The summed E-state index contributed by atoms with van der Waals surface area (Å²) in [6.07, 6.45) is 0. The third-order valence-electron chi connectivity index (χ3n) is 2.80. The largest absolute Gasteiger partial charge is 0.368 e. The first kappa shape index (κ1) is 12.3. The van der Waals surface area contributed by atoms with E-state index >= 15 is 0 Å². The maximum absolute atomic E-state index is 13.9. The molecule has 0 aliphatic carbocycles. The average molecular weight is 273 g/mol.